The molecule has 0 aliphatic rings. The van der Waals surface area contributed by atoms with Crippen LogP contribution in [0.3, 0.4) is 0 Å². The smallest absolute Gasteiger partial charge is 0.407 e. The molecule has 1 aromatic heterocycles. The van der Waals surface area contributed by atoms with E-state index in [0.717, 1.165) is 24.4 Å². The predicted octanol–water partition coefficient (Wildman–Crippen LogP) is 3.93. The monoisotopic (exact) mass is 310 g/mol. The average molecular weight is 310 g/mol. The van der Waals surface area contributed by atoms with Crippen LogP contribution in [0, 0.1) is 6.92 Å². The van der Waals surface area contributed by atoms with Gasteiger partial charge in [-0.25, -0.2) is 4.79 Å². The Hall–Kier alpha value is -1.49. The Morgan fingerprint density at radius 1 is 1.36 bits per heavy atom. The molecule has 0 bridgehead atoms. The van der Waals surface area contributed by atoms with E-state index in [1.807, 2.05) is 39.8 Å². The highest BCUT2D eigenvalue weighted by Gasteiger charge is 2.19. The van der Waals surface area contributed by atoms with Gasteiger partial charge in [0.05, 0.1) is 6.04 Å². The molecule has 2 unspecified atom stereocenters. The molecule has 2 atom stereocenters. The SMILES string of the molecule is CCCC(CNC(=O)OC(C)(C)C)NC(C)c1ccc(C)o1. The summed E-state index contributed by atoms with van der Waals surface area (Å²) in [5.74, 6) is 1.82. The number of hydrogen-bond acceptors (Lipinski definition) is 4. The Labute approximate surface area is 133 Å². The Balaban J connectivity index is 2.49. The lowest BCUT2D eigenvalue weighted by atomic mass is 10.1. The largest absolute Gasteiger partial charge is 0.465 e. The summed E-state index contributed by atoms with van der Waals surface area (Å²) in [6.45, 7) is 12.2. The molecule has 0 aromatic carbocycles. The Morgan fingerprint density at radius 2 is 2.05 bits per heavy atom. The average Bonchev–Trinajstić information content (AvgIpc) is 2.81. The molecule has 0 radical (unpaired) electrons. The first-order chi connectivity index (χ1) is 10.2. The maximum absolute atomic E-state index is 11.7. The summed E-state index contributed by atoms with van der Waals surface area (Å²) in [5.41, 5.74) is -0.475. The lowest BCUT2D eigenvalue weighted by Crippen LogP contribution is -2.43. The second-order valence-electron chi connectivity index (χ2n) is 6.71. The molecule has 126 valence electrons. The van der Waals surface area contributed by atoms with Crippen molar-refractivity contribution >= 4 is 6.09 Å². The third-order valence-electron chi connectivity index (χ3n) is 3.20. The molecule has 0 spiro atoms. The van der Waals surface area contributed by atoms with Crippen LogP contribution in [0.2, 0.25) is 0 Å². The van der Waals surface area contributed by atoms with Crippen molar-refractivity contribution in [2.45, 2.75) is 72.1 Å². The van der Waals surface area contributed by atoms with Crippen molar-refractivity contribution in [2.75, 3.05) is 6.54 Å². The molecule has 5 heteroatoms. The summed E-state index contributed by atoms with van der Waals surface area (Å²) in [6.07, 6.45) is 1.63. The van der Waals surface area contributed by atoms with Crippen molar-refractivity contribution in [3.8, 4) is 0 Å². The highest BCUT2D eigenvalue weighted by Crippen LogP contribution is 2.17. The Bertz CT molecular complexity index is 463. The summed E-state index contributed by atoms with van der Waals surface area (Å²) in [5, 5.41) is 6.33. The van der Waals surface area contributed by atoms with E-state index in [1.165, 1.54) is 0 Å². The van der Waals surface area contributed by atoms with Crippen LogP contribution in [-0.2, 0) is 4.74 Å². The standard InChI is InChI=1S/C17H30N2O3/c1-7-8-14(11-18-16(20)22-17(4,5)6)19-13(3)15-10-9-12(2)21-15/h9-10,13-14,19H,7-8,11H2,1-6H3,(H,18,20). The summed E-state index contributed by atoms with van der Waals surface area (Å²) in [7, 11) is 0. The minimum Gasteiger partial charge on any atom is -0.465 e. The quantitative estimate of drug-likeness (QED) is 0.801. The third-order valence-corrected chi connectivity index (χ3v) is 3.20. The first-order valence-corrected chi connectivity index (χ1v) is 8.00. The van der Waals surface area contributed by atoms with Crippen molar-refractivity contribution in [2.24, 2.45) is 0 Å². The molecule has 1 amide bonds. The summed E-state index contributed by atoms with van der Waals surface area (Å²) < 4.78 is 10.9. The van der Waals surface area contributed by atoms with Crippen LogP contribution in [0.5, 0.6) is 0 Å². The number of aryl methyl sites for hydroxylation is 1. The third kappa shape index (κ3) is 6.98. The molecule has 0 aliphatic carbocycles. The first kappa shape index (κ1) is 18.6. The van der Waals surface area contributed by atoms with Gasteiger partial charge in [-0.1, -0.05) is 13.3 Å². The number of ether oxygens (including phenoxy) is 1. The number of carbonyl (C=O) groups is 1. The van der Waals surface area contributed by atoms with Gasteiger partial charge >= 0.3 is 6.09 Å². The zero-order chi connectivity index (χ0) is 16.8. The molecule has 22 heavy (non-hydrogen) atoms. The number of nitrogens with one attached hydrogen (secondary N) is 2. The van der Waals surface area contributed by atoms with Crippen molar-refractivity contribution in [3.63, 3.8) is 0 Å². The molecule has 0 fully saturated rings. The minimum atomic E-state index is -0.475. The predicted molar refractivity (Wildman–Crippen MR) is 87.9 cm³/mol. The van der Waals surface area contributed by atoms with Crippen LogP contribution >= 0.6 is 0 Å². The van der Waals surface area contributed by atoms with Crippen molar-refractivity contribution < 1.29 is 13.9 Å². The fraction of sp³-hybridized carbons (Fsp3) is 0.706. The Morgan fingerprint density at radius 3 is 2.55 bits per heavy atom. The van der Waals surface area contributed by atoms with Gasteiger partial charge in [0.15, 0.2) is 0 Å². The molecule has 0 aliphatic heterocycles. The molecule has 1 rings (SSSR count). The van der Waals surface area contributed by atoms with Gasteiger partial charge in [-0.05, 0) is 53.2 Å². The summed E-state index contributed by atoms with van der Waals surface area (Å²) in [6, 6.07) is 4.22. The second kappa shape index (κ2) is 8.22. The number of alkyl carbamates (subject to hydrolysis) is 1. The number of furan rings is 1. The van der Waals surface area contributed by atoms with Crippen LogP contribution in [0.25, 0.3) is 0 Å². The fourth-order valence-electron chi connectivity index (χ4n) is 2.24. The van der Waals surface area contributed by atoms with Gasteiger partial charge in [-0.15, -0.1) is 0 Å². The van der Waals surface area contributed by atoms with E-state index in [-0.39, 0.29) is 18.2 Å². The molecule has 1 heterocycles. The van der Waals surface area contributed by atoms with Crippen molar-refractivity contribution in [1.29, 1.82) is 0 Å². The molecule has 1 aromatic rings. The maximum atomic E-state index is 11.7. The van der Waals surface area contributed by atoms with Crippen LogP contribution in [0.15, 0.2) is 16.5 Å². The normalized spacial score (nSPS) is 14.5. The molecule has 5 nitrogen and oxygen atoms in total. The maximum Gasteiger partial charge on any atom is 0.407 e. The van der Waals surface area contributed by atoms with Gasteiger partial charge in [-0.2, -0.15) is 0 Å². The summed E-state index contributed by atoms with van der Waals surface area (Å²) >= 11 is 0. The van der Waals surface area contributed by atoms with E-state index < -0.39 is 5.60 Å². The molecular formula is C17H30N2O3. The topological polar surface area (TPSA) is 63.5 Å². The molecular weight excluding hydrogens is 280 g/mol. The van der Waals surface area contributed by atoms with Crippen molar-refractivity contribution in [1.82, 2.24) is 10.6 Å². The minimum absolute atomic E-state index is 0.102. The van der Waals surface area contributed by atoms with Gasteiger partial charge < -0.3 is 19.8 Å². The number of rotatable bonds is 7. The van der Waals surface area contributed by atoms with Crippen molar-refractivity contribution in [3.05, 3.63) is 23.7 Å². The fourth-order valence-corrected chi connectivity index (χ4v) is 2.24. The van der Waals surface area contributed by atoms with E-state index in [9.17, 15) is 4.79 Å². The lowest BCUT2D eigenvalue weighted by molar-refractivity contribution is 0.0521. The molecule has 0 saturated carbocycles. The Kier molecular flexibility index (Phi) is 6.94. The molecule has 0 saturated heterocycles. The lowest BCUT2D eigenvalue weighted by Gasteiger charge is -2.24. The number of carbonyl (C=O) groups excluding carboxylic acids is 1. The van der Waals surface area contributed by atoms with Crippen LogP contribution in [0.1, 0.15) is 65.0 Å². The van der Waals surface area contributed by atoms with Gasteiger partial charge in [0.1, 0.15) is 17.1 Å². The van der Waals surface area contributed by atoms with Gasteiger partial charge in [0, 0.05) is 12.6 Å². The van der Waals surface area contributed by atoms with Gasteiger partial charge in [0.25, 0.3) is 0 Å². The van der Waals surface area contributed by atoms with Crippen LogP contribution < -0.4 is 10.6 Å². The first-order valence-electron chi connectivity index (χ1n) is 8.00. The van der Waals surface area contributed by atoms with Gasteiger partial charge in [-0.3, -0.25) is 0 Å². The zero-order valence-electron chi connectivity index (χ0n) is 14.7. The number of amides is 1. The second-order valence-corrected chi connectivity index (χ2v) is 6.71. The van der Waals surface area contributed by atoms with Gasteiger partial charge in [0.2, 0.25) is 0 Å². The van der Waals surface area contributed by atoms with Crippen LogP contribution in [-0.4, -0.2) is 24.3 Å². The highest BCUT2D eigenvalue weighted by atomic mass is 16.6. The molecule has 2 N–H and O–H groups in total. The summed E-state index contributed by atoms with van der Waals surface area (Å²) in [4.78, 5) is 11.7. The van der Waals surface area contributed by atoms with E-state index in [2.05, 4.69) is 24.5 Å². The highest BCUT2D eigenvalue weighted by molar-refractivity contribution is 5.67. The number of hydrogen-bond donors (Lipinski definition) is 2. The van der Waals surface area contributed by atoms with E-state index >= 15 is 0 Å². The van der Waals surface area contributed by atoms with E-state index in [4.69, 9.17) is 9.15 Å². The van der Waals surface area contributed by atoms with E-state index in [0.29, 0.717) is 6.54 Å². The van der Waals surface area contributed by atoms with Crippen LogP contribution in [0.4, 0.5) is 4.79 Å². The zero-order valence-corrected chi connectivity index (χ0v) is 14.7. The van der Waals surface area contributed by atoms with E-state index in [1.54, 1.807) is 0 Å².